The van der Waals surface area contributed by atoms with Crippen molar-refractivity contribution in [3.05, 3.63) is 40.7 Å². The molecule has 1 aromatic heterocycles. The van der Waals surface area contributed by atoms with Crippen LogP contribution in [0.15, 0.2) is 35.3 Å². The first-order chi connectivity index (χ1) is 14.1. The van der Waals surface area contributed by atoms with Crippen LogP contribution in [0.5, 0.6) is 23.0 Å². The van der Waals surface area contributed by atoms with Gasteiger partial charge in [-0.25, -0.2) is 0 Å². The molecule has 0 unspecified atom stereocenters. The van der Waals surface area contributed by atoms with Gasteiger partial charge in [0.05, 0.1) is 24.4 Å². The van der Waals surface area contributed by atoms with Crippen molar-refractivity contribution in [2.45, 2.75) is 6.54 Å². The third kappa shape index (κ3) is 3.92. The Hall–Kier alpha value is -2.65. The van der Waals surface area contributed by atoms with Crippen LogP contribution < -0.4 is 23.7 Å². The van der Waals surface area contributed by atoms with Crippen molar-refractivity contribution in [2.75, 3.05) is 33.0 Å². The van der Waals surface area contributed by atoms with Crippen LogP contribution in [0.4, 0.5) is 0 Å². The minimum Gasteiger partial charge on any atom is -0.497 e. The molecule has 152 valence electrons. The Labute approximate surface area is 175 Å². The Morgan fingerprint density at radius 2 is 1.83 bits per heavy atom. The minimum atomic E-state index is -0.355. The van der Waals surface area contributed by atoms with Crippen LogP contribution in [0.3, 0.4) is 0 Å². The van der Waals surface area contributed by atoms with Crippen molar-refractivity contribution >= 4 is 39.2 Å². The highest BCUT2D eigenvalue weighted by Crippen LogP contribution is 2.37. The molecule has 0 saturated carbocycles. The number of fused-ring (bicyclic) bond motifs is 2. The highest BCUT2D eigenvalue weighted by Gasteiger charge is 2.18. The highest BCUT2D eigenvalue weighted by atomic mass is 32.2. The van der Waals surface area contributed by atoms with E-state index >= 15 is 0 Å². The first-order valence-corrected chi connectivity index (χ1v) is 11.1. The number of hydrogen-bond acceptors (Lipinski definition) is 7. The van der Waals surface area contributed by atoms with E-state index in [4.69, 9.17) is 18.9 Å². The number of nitrogens with zero attached hydrogens (tertiary/aromatic N) is 2. The molecular weight excluding hydrogens is 412 g/mol. The van der Waals surface area contributed by atoms with Gasteiger partial charge in [-0.05, 0) is 18.4 Å². The van der Waals surface area contributed by atoms with E-state index in [2.05, 4.69) is 4.99 Å². The Morgan fingerprint density at radius 3 is 2.48 bits per heavy atom. The standard InChI is InChI=1S/C20H20N2O5S2/c1-24-13-6-12(7-14(8-13)25-2)19(23)21-20-22(4-5-28-3)15-9-16-17(27-11-26-16)10-18(15)29-20/h6-10H,4-5,11H2,1-3H3. The summed E-state index contributed by atoms with van der Waals surface area (Å²) >= 11 is 3.19. The number of rotatable bonds is 6. The maximum Gasteiger partial charge on any atom is 0.279 e. The van der Waals surface area contributed by atoms with Crippen LogP contribution in [-0.2, 0) is 6.54 Å². The molecule has 0 N–H and O–H groups in total. The van der Waals surface area contributed by atoms with Crippen molar-refractivity contribution in [3.8, 4) is 23.0 Å². The Kier molecular flexibility index (Phi) is 5.68. The Balaban J connectivity index is 1.81. The lowest BCUT2D eigenvalue weighted by Gasteiger charge is -2.06. The van der Waals surface area contributed by atoms with Crippen LogP contribution in [-0.4, -0.2) is 43.5 Å². The number of thiazole rings is 1. The first-order valence-electron chi connectivity index (χ1n) is 8.87. The van der Waals surface area contributed by atoms with Gasteiger partial charge in [-0.15, -0.1) is 0 Å². The van der Waals surface area contributed by atoms with Gasteiger partial charge in [0.2, 0.25) is 6.79 Å². The molecule has 9 heteroatoms. The van der Waals surface area contributed by atoms with E-state index in [1.54, 1.807) is 44.2 Å². The molecule has 0 atom stereocenters. The maximum atomic E-state index is 12.9. The van der Waals surface area contributed by atoms with Crippen molar-refractivity contribution in [3.63, 3.8) is 0 Å². The SMILES string of the molecule is COc1cc(OC)cc(C(=O)N=c2sc3cc4c(cc3n2CCSC)OCO4)c1. The zero-order chi connectivity index (χ0) is 20.4. The zero-order valence-corrected chi connectivity index (χ0v) is 17.9. The molecule has 0 spiro atoms. The Bertz CT molecular complexity index is 1110. The summed E-state index contributed by atoms with van der Waals surface area (Å²) in [5.41, 5.74) is 1.38. The third-order valence-corrected chi connectivity index (χ3v) is 6.12. The van der Waals surface area contributed by atoms with Crippen LogP contribution in [0.2, 0.25) is 0 Å². The van der Waals surface area contributed by atoms with Gasteiger partial charge in [0.25, 0.3) is 5.91 Å². The second-order valence-corrected chi connectivity index (χ2v) is 8.22. The molecule has 0 aliphatic carbocycles. The minimum absolute atomic E-state index is 0.227. The molecule has 2 heterocycles. The van der Waals surface area contributed by atoms with E-state index in [1.165, 1.54) is 11.3 Å². The molecule has 0 bridgehead atoms. The second kappa shape index (κ2) is 8.38. The number of aromatic nitrogens is 1. The maximum absolute atomic E-state index is 12.9. The zero-order valence-electron chi connectivity index (χ0n) is 16.3. The molecule has 4 rings (SSSR count). The predicted octanol–water partition coefficient (Wildman–Crippen LogP) is 3.55. The van der Waals surface area contributed by atoms with E-state index in [9.17, 15) is 4.79 Å². The van der Waals surface area contributed by atoms with Gasteiger partial charge in [-0.3, -0.25) is 4.79 Å². The van der Waals surface area contributed by atoms with Gasteiger partial charge >= 0.3 is 0 Å². The smallest absolute Gasteiger partial charge is 0.279 e. The van der Waals surface area contributed by atoms with Crippen molar-refractivity contribution < 1.29 is 23.7 Å². The molecule has 1 amide bonds. The number of ether oxygens (including phenoxy) is 4. The summed E-state index contributed by atoms with van der Waals surface area (Å²) in [4.78, 5) is 18.0. The number of amides is 1. The molecule has 2 aromatic carbocycles. The summed E-state index contributed by atoms with van der Waals surface area (Å²) in [6, 6.07) is 8.92. The third-order valence-electron chi connectivity index (χ3n) is 4.49. The monoisotopic (exact) mass is 432 g/mol. The largest absolute Gasteiger partial charge is 0.497 e. The van der Waals surface area contributed by atoms with Crippen LogP contribution in [0, 0.1) is 0 Å². The molecule has 3 aromatic rings. The van der Waals surface area contributed by atoms with Crippen LogP contribution in [0.25, 0.3) is 10.2 Å². The fourth-order valence-electron chi connectivity index (χ4n) is 3.03. The van der Waals surface area contributed by atoms with Gasteiger partial charge in [-0.2, -0.15) is 16.8 Å². The van der Waals surface area contributed by atoms with E-state index in [0.29, 0.717) is 33.4 Å². The summed E-state index contributed by atoms with van der Waals surface area (Å²) in [7, 11) is 3.09. The number of hydrogen-bond donors (Lipinski definition) is 0. The average Bonchev–Trinajstić information content (AvgIpc) is 3.33. The van der Waals surface area contributed by atoms with E-state index in [1.807, 2.05) is 23.0 Å². The molecule has 7 nitrogen and oxygen atoms in total. The fourth-order valence-corrected chi connectivity index (χ4v) is 4.46. The number of carbonyl (C=O) groups excluding carboxylic acids is 1. The summed E-state index contributed by atoms with van der Waals surface area (Å²) in [5.74, 6) is 3.05. The topological polar surface area (TPSA) is 71.3 Å². The summed E-state index contributed by atoms with van der Waals surface area (Å²) in [6.45, 7) is 0.958. The Morgan fingerprint density at radius 1 is 1.14 bits per heavy atom. The number of thioether (sulfide) groups is 1. The number of carbonyl (C=O) groups is 1. The van der Waals surface area contributed by atoms with Crippen molar-refractivity contribution in [1.29, 1.82) is 0 Å². The molecule has 1 aliphatic heterocycles. The lowest BCUT2D eigenvalue weighted by Crippen LogP contribution is -2.18. The molecule has 0 radical (unpaired) electrons. The van der Waals surface area contributed by atoms with E-state index in [-0.39, 0.29) is 12.7 Å². The van der Waals surface area contributed by atoms with Gasteiger partial charge in [-0.1, -0.05) is 11.3 Å². The molecule has 0 saturated heterocycles. The lowest BCUT2D eigenvalue weighted by atomic mass is 10.2. The first kappa shape index (κ1) is 19.7. The quantitative estimate of drug-likeness (QED) is 0.593. The molecular formula is C20H20N2O5S2. The van der Waals surface area contributed by atoms with Gasteiger partial charge in [0.15, 0.2) is 16.3 Å². The summed E-state index contributed by atoms with van der Waals surface area (Å²) in [6.07, 6.45) is 2.05. The number of methoxy groups -OCH3 is 2. The fraction of sp³-hybridized carbons (Fsp3) is 0.300. The van der Waals surface area contributed by atoms with Crippen molar-refractivity contribution in [1.82, 2.24) is 4.57 Å². The average molecular weight is 433 g/mol. The van der Waals surface area contributed by atoms with Crippen LogP contribution >= 0.6 is 23.1 Å². The normalized spacial score (nSPS) is 13.1. The molecule has 0 fully saturated rings. The van der Waals surface area contributed by atoms with E-state index < -0.39 is 0 Å². The molecule has 29 heavy (non-hydrogen) atoms. The van der Waals surface area contributed by atoms with E-state index in [0.717, 1.165) is 22.5 Å². The molecule has 1 aliphatic rings. The van der Waals surface area contributed by atoms with Gasteiger partial charge in [0, 0.05) is 36.1 Å². The second-order valence-electron chi connectivity index (χ2n) is 6.22. The number of aryl methyl sites for hydroxylation is 1. The van der Waals surface area contributed by atoms with Crippen LogP contribution in [0.1, 0.15) is 10.4 Å². The lowest BCUT2D eigenvalue weighted by molar-refractivity contribution is 0.0997. The summed E-state index contributed by atoms with van der Waals surface area (Å²) < 4.78 is 24.6. The number of benzene rings is 2. The predicted molar refractivity (Wildman–Crippen MR) is 114 cm³/mol. The highest BCUT2D eigenvalue weighted by molar-refractivity contribution is 7.98. The van der Waals surface area contributed by atoms with Gasteiger partial charge in [0.1, 0.15) is 11.5 Å². The van der Waals surface area contributed by atoms with Gasteiger partial charge < -0.3 is 23.5 Å². The van der Waals surface area contributed by atoms with Crippen molar-refractivity contribution in [2.24, 2.45) is 4.99 Å². The summed E-state index contributed by atoms with van der Waals surface area (Å²) in [5, 5.41) is 0.